The smallest absolute Gasteiger partial charge is 0.166 e. The zero-order valence-electron chi connectivity index (χ0n) is 7.95. The fourth-order valence-corrected chi connectivity index (χ4v) is 1.47. The zero-order valence-corrected chi connectivity index (χ0v) is 9.54. The molecule has 0 N–H and O–H groups in total. The van der Waals surface area contributed by atoms with Gasteiger partial charge in [0, 0.05) is 16.7 Å². The van der Waals surface area contributed by atoms with E-state index in [1.165, 1.54) is 6.20 Å². The Labute approximate surface area is 99.0 Å². The lowest BCUT2D eigenvalue weighted by Crippen LogP contribution is -1.90. The van der Waals surface area contributed by atoms with Crippen LogP contribution >= 0.6 is 15.9 Å². The van der Waals surface area contributed by atoms with Gasteiger partial charge in [-0.05, 0) is 34.1 Å². The molecule has 0 fully saturated rings. The summed E-state index contributed by atoms with van der Waals surface area (Å²) < 4.78 is 31.9. The molecule has 1 aromatic heterocycles. The maximum atomic E-state index is 13.2. The van der Waals surface area contributed by atoms with Crippen molar-refractivity contribution in [2.45, 2.75) is 0 Å². The first-order valence-corrected chi connectivity index (χ1v) is 5.18. The second-order valence-corrected chi connectivity index (χ2v) is 3.93. The van der Waals surface area contributed by atoms with Crippen LogP contribution in [0.4, 0.5) is 8.78 Å². The predicted molar refractivity (Wildman–Crippen MR) is 58.4 cm³/mol. The number of benzene rings is 1. The van der Waals surface area contributed by atoms with Crippen molar-refractivity contribution in [1.82, 2.24) is 4.98 Å². The Bertz CT molecular complexity index is 519. The quantitative estimate of drug-likeness (QED) is 0.835. The molecule has 0 atom stereocenters. The molecular formula is C11H6BrF2NO. The van der Waals surface area contributed by atoms with Crippen molar-refractivity contribution in [2.24, 2.45) is 0 Å². The van der Waals surface area contributed by atoms with Gasteiger partial charge in [-0.3, -0.25) is 4.98 Å². The lowest BCUT2D eigenvalue weighted by atomic mass is 10.3. The first kappa shape index (κ1) is 11.0. The van der Waals surface area contributed by atoms with Gasteiger partial charge >= 0.3 is 0 Å². The average Bonchev–Trinajstić information content (AvgIpc) is 2.24. The summed E-state index contributed by atoms with van der Waals surface area (Å²) in [5.74, 6) is -1.01. The molecule has 0 saturated carbocycles. The van der Waals surface area contributed by atoms with Gasteiger partial charge in [-0.15, -0.1) is 0 Å². The minimum absolute atomic E-state index is 0.167. The molecule has 1 heterocycles. The van der Waals surface area contributed by atoms with Gasteiger partial charge < -0.3 is 4.74 Å². The minimum Gasteiger partial charge on any atom is -0.453 e. The predicted octanol–water partition coefficient (Wildman–Crippen LogP) is 3.91. The Morgan fingerprint density at radius 1 is 1.12 bits per heavy atom. The molecule has 0 amide bonds. The number of pyridine rings is 1. The van der Waals surface area contributed by atoms with Gasteiger partial charge in [0.2, 0.25) is 0 Å². The molecule has 2 aromatic rings. The van der Waals surface area contributed by atoms with Gasteiger partial charge in [0.05, 0.1) is 6.20 Å². The molecule has 1 aromatic carbocycles. The summed E-state index contributed by atoms with van der Waals surface area (Å²) >= 11 is 3.20. The molecule has 2 rings (SSSR count). The molecule has 0 aliphatic carbocycles. The SMILES string of the molecule is Fc1ccc(F)c(Oc2cncc(Br)c2)c1. The first-order valence-electron chi connectivity index (χ1n) is 4.38. The van der Waals surface area contributed by atoms with E-state index < -0.39 is 11.6 Å². The van der Waals surface area contributed by atoms with Crippen molar-refractivity contribution < 1.29 is 13.5 Å². The van der Waals surface area contributed by atoms with Gasteiger partial charge in [0.15, 0.2) is 11.6 Å². The third kappa shape index (κ3) is 2.55. The van der Waals surface area contributed by atoms with Crippen molar-refractivity contribution in [3.05, 3.63) is 52.8 Å². The van der Waals surface area contributed by atoms with E-state index in [0.29, 0.717) is 10.2 Å². The van der Waals surface area contributed by atoms with Crippen LogP contribution < -0.4 is 4.74 Å². The molecule has 0 bridgehead atoms. The maximum Gasteiger partial charge on any atom is 0.166 e. The molecule has 82 valence electrons. The number of hydrogen-bond acceptors (Lipinski definition) is 2. The van der Waals surface area contributed by atoms with Crippen LogP contribution in [0.25, 0.3) is 0 Å². The molecule has 0 spiro atoms. The Morgan fingerprint density at radius 3 is 2.69 bits per heavy atom. The molecule has 0 radical (unpaired) electrons. The summed E-state index contributed by atoms with van der Waals surface area (Å²) in [6.45, 7) is 0. The molecular weight excluding hydrogens is 280 g/mol. The summed E-state index contributed by atoms with van der Waals surface area (Å²) in [6.07, 6.45) is 2.98. The second kappa shape index (κ2) is 4.57. The van der Waals surface area contributed by atoms with Crippen molar-refractivity contribution in [3.63, 3.8) is 0 Å². The van der Waals surface area contributed by atoms with Crippen molar-refractivity contribution in [2.75, 3.05) is 0 Å². The van der Waals surface area contributed by atoms with Crippen LogP contribution in [0.1, 0.15) is 0 Å². The minimum atomic E-state index is -0.624. The third-order valence-electron chi connectivity index (χ3n) is 1.80. The van der Waals surface area contributed by atoms with Gasteiger partial charge in [-0.2, -0.15) is 0 Å². The van der Waals surface area contributed by atoms with E-state index in [4.69, 9.17) is 4.74 Å². The maximum absolute atomic E-state index is 13.2. The van der Waals surface area contributed by atoms with Crippen LogP contribution in [-0.2, 0) is 0 Å². The molecule has 0 saturated heterocycles. The largest absolute Gasteiger partial charge is 0.453 e. The van der Waals surface area contributed by atoms with Crippen LogP contribution in [0.3, 0.4) is 0 Å². The number of hydrogen-bond donors (Lipinski definition) is 0. The van der Waals surface area contributed by atoms with Crippen LogP contribution in [-0.4, -0.2) is 4.98 Å². The number of halogens is 3. The lowest BCUT2D eigenvalue weighted by Gasteiger charge is -2.06. The summed E-state index contributed by atoms with van der Waals surface area (Å²) in [6, 6.07) is 4.63. The molecule has 2 nitrogen and oxygen atoms in total. The number of aromatic nitrogens is 1. The summed E-state index contributed by atoms with van der Waals surface area (Å²) in [7, 11) is 0. The Hall–Kier alpha value is -1.49. The van der Waals surface area contributed by atoms with E-state index in [9.17, 15) is 8.78 Å². The van der Waals surface area contributed by atoms with E-state index in [2.05, 4.69) is 20.9 Å². The third-order valence-corrected chi connectivity index (χ3v) is 2.23. The standard InChI is InChI=1S/C11H6BrF2NO/c12-7-3-9(6-15-5-7)16-11-4-8(13)1-2-10(11)14/h1-6H. The number of rotatable bonds is 2. The van der Waals surface area contributed by atoms with Crippen LogP contribution in [0.2, 0.25) is 0 Å². The summed E-state index contributed by atoms with van der Waals surface area (Å²) in [5, 5.41) is 0. The first-order chi connectivity index (χ1) is 7.65. The van der Waals surface area contributed by atoms with E-state index in [-0.39, 0.29) is 5.75 Å². The van der Waals surface area contributed by atoms with Crippen molar-refractivity contribution >= 4 is 15.9 Å². The fraction of sp³-hybridized carbons (Fsp3) is 0. The van der Waals surface area contributed by atoms with E-state index >= 15 is 0 Å². The number of ether oxygens (including phenoxy) is 1. The Morgan fingerprint density at radius 2 is 1.94 bits per heavy atom. The topological polar surface area (TPSA) is 22.1 Å². The Balaban J connectivity index is 2.30. The fourth-order valence-electron chi connectivity index (χ4n) is 1.13. The Kier molecular flexibility index (Phi) is 3.14. The molecule has 16 heavy (non-hydrogen) atoms. The monoisotopic (exact) mass is 285 g/mol. The molecule has 5 heteroatoms. The van der Waals surface area contributed by atoms with Gasteiger partial charge in [-0.25, -0.2) is 8.78 Å². The van der Waals surface area contributed by atoms with Crippen LogP contribution in [0.15, 0.2) is 41.1 Å². The summed E-state index contributed by atoms with van der Waals surface area (Å²) in [4.78, 5) is 3.84. The lowest BCUT2D eigenvalue weighted by molar-refractivity contribution is 0.434. The second-order valence-electron chi connectivity index (χ2n) is 3.02. The molecule has 0 unspecified atom stereocenters. The van der Waals surface area contributed by atoms with E-state index in [0.717, 1.165) is 18.2 Å². The molecule has 0 aliphatic rings. The normalized spacial score (nSPS) is 10.2. The number of nitrogens with zero attached hydrogens (tertiary/aromatic N) is 1. The highest BCUT2D eigenvalue weighted by atomic mass is 79.9. The van der Waals surface area contributed by atoms with Crippen LogP contribution in [0, 0.1) is 11.6 Å². The molecule has 0 aliphatic heterocycles. The van der Waals surface area contributed by atoms with Gasteiger partial charge in [-0.1, -0.05) is 0 Å². The van der Waals surface area contributed by atoms with Crippen molar-refractivity contribution in [1.29, 1.82) is 0 Å². The zero-order chi connectivity index (χ0) is 11.5. The van der Waals surface area contributed by atoms with E-state index in [1.54, 1.807) is 12.3 Å². The van der Waals surface area contributed by atoms with Gasteiger partial charge in [0.1, 0.15) is 11.6 Å². The van der Waals surface area contributed by atoms with Crippen molar-refractivity contribution in [3.8, 4) is 11.5 Å². The van der Waals surface area contributed by atoms with E-state index in [1.807, 2.05) is 0 Å². The van der Waals surface area contributed by atoms with Gasteiger partial charge in [0.25, 0.3) is 0 Å². The highest BCUT2D eigenvalue weighted by Gasteiger charge is 2.06. The van der Waals surface area contributed by atoms with Crippen LogP contribution in [0.5, 0.6) is 11.5 Å². The average molecular weight is 286 g/mol. The summed E-state index contributed by atoms with van der Waals surface area (Å²) in [5.41, 5.74) is 0. The highest BCUT2D eigenvalue weighted by Crippen LogP contribution is 2.26. The highest BCUT2D eigenvalue weighted by molar-refractivity contribution is 9.10.